The van der Waals surface area contributed by atoms with Crippen molar-refractivity contribution < 1.29 is 22.9 Å². The van der Waals surface area contributed by atoms with E-state index in [4.69, 9.17) is 4.74 Å². The van der Waals surface area contributed by atoms with Crippen LogP contribution in [0.5, 0.6) is 0 Å². The molecule has 0 aromatic heterocycles. The molecule has 0 atom stereocenters. The number of amides is 1. The molecule has 0 saturated carbocycles. The molecule has 0 spiro atoms. The van der Waals surface area contributed by atoms with E-state index in [1.165, 1.54) is 28.6 Å². The molecule has 1 aromatic rings. The molecular weight excluding hydrogens is 374 g/mol. The number of nitro benzene ring substituents is 1. The number of nitrogens with zero attached hydrogens (tertiary/aromatic N) is 3. The van der Waals surface area contributed by atoms with Gasteiger partial charge in [0.1, 0.15) is 0 Å². The summed E-state index contributed by atoms with van der Waals surface area (Å²) in [4.78, 5) is 24.5. The van der Waals surface area contributed by atoms with Gasteiger partial charge in [-0.2, -0.15) is 0 Å². The molecule has 0 aliphatic carbocycles. The van der Waals surface area contributed by atoms with Crippen LogP contribution < -0.4 is 0 Å². The number of hydrogen-bond acceptors (Lipinski definition) is 6. The first-order chi connectivity index (χ1) is 12.9. The molecule has 2 fully saturated rings. The Hall–Kier alpha value is -2.04. The van der Waals surface area contributed by atoms with Gasteiger partial charge in [0.2, 0.25) is 15.9 Å². The molecule has 2 aliphatic heterocycles. The molecule has 0 bridgehead atoms. The molecular formula is C17H23N3O6S. The van der Waals surface area contributed by atoms with E-state index in [-0.39, 0.29) is 23.3 Å². The van der Waals surface area contributed by atoms with Gasteiger partial charge in [0, 0.05) is 44.2 Å². The maximum absolute atomic E-state index is 12.6. The fourth-order valence-corrected chi connectivity index (χ4v) is 5.00. The summed E-state index contributed by atoms with van der Waals surface area (Å²) in [5.74, 6) is -0.257. The van der Waals surface area contributed by atoms with E-state index in [0.717, 1.165) is 0 Å². The SMILES string of the molecule is O=C(C1CCN(S(=O)(=O)Cc2ccc([N+](=O)[O-])cc2)CC1)N1CCOCC1. The first-order valence-electron chi connectivity index (χ1n) is 8.94. The van der Waals surface area contributed by atoms with Crippen molar-refractivity contribution in [3.05, 3.63) is 39.9 Å². The lowest BCUT2D eigenvalue weighted by atomic mass is 9.96. The zero-order valence-corrected chi connectivity index (χ0v) is 15.8. The van der Waals surface area contributed by atoms with E-state index in [1.54, 1.807) is 4.90 Å². The van der Waals surface area contributed by atoms with Crippen molar-refractivity contribution in [2.24, 2.45) is 5.92 Å². The molecule has 2 aliphatic rings. The minimum Gasteiger partial charge on any atom is -0.378 e. The van der Waals surface area contributed by atoms with Crippen molar-refractivity contribution in [2.45, 2.75) is 18.6 Å². The monoisotopic (exact) mass is 397 g/mol. The summed E-state index contributed by atoms with van der Waals surface area (Å²) in [5.41, 5.74) is 0.436. The standard InChI is InChI=1S/C17H23N3O6S/c21-17(18-9-11-26-12-10-18)15-5-7-19(8-6-15)27(24,25)13-14-1-3-16(4-2-14)20(22)23/h1-4,15H,5-13H2. The summed E-state index contributed by atoms with van der Waals surface area (Å²) in [7, 11) is -3.52. The minimum atomic E-state index is -3.52. The van der Waals surface area contributed by atoms with Gasteiger partial charge < -0.3 is 9.64 Å². The Morgan fingerprint density at radius 2 is 1.70 bits per heavy atom. The second kappa shape index (κ2) is 8.32. The van der Waals surface area contributed by atoms with Crippen LogP contribution in [0, 0.1) is 16.0 Å². The van der Waals surface area contributed by atoms with E-state index >= 15 is 0 Å². The van der Waals surface area contributed by atoms with E-state index in [0.29, 0.717) is 57.8 Å². The van der Waals surface area contributed by atoms with Gasteiger partial charge in [0.05, 0.1) is 23.9 Å². The molecule has 2 saturated heterocycles. The van der Waals surface area contributed by atoms with Crippen molar-refractivity contribution in [1.29, 1.82) is 0 Å². The van der Waals surface area contributed by atoms with Gasteiger partial charge in [-0.1, -0.05) is 12.1 Å². The second-order valence-electron chi connectivity index (χ2n) is 6.79. The predicted octanol–water partition coefficient (Wildman–Crippen LogP) is 0.995. The summed E-state index contributed by atoms with van der Waals surface area (Å²) in [6.07, 6.45) is 1.02. The Balaban J connectivity index is 1.56. The number of carbonyl (C=O) groups excluding carboxylic acids is 1. The number of ether oxygens (including phenoxy) is 1. The van der Waals surface area contributed by atoms with Gasteiger partial charge in [0.25, 0.3) is 5.69 Å². The maximum atomic E-state index is 12.6. The topological polar surface area (TPSA) is 110 Å². The van der Waals surface area contributed by atoms with Crippen LogP contribution in [0.2, 0.25) is 0 Å². The Kier molecular flexibility index (Phi) is 6.08. The highest BCUT2D eigenvalue weighted by molar-refractivity contribution is 7.88. The van der Waals surface area contributed by atoms with Crippen LogP contribution in [0.3, 0.4) is 0 Å². The third kappa shape index (κ3) is 4.82. The van der Waals surface area contributed by atoms with Gasteiger partial charge >= 0.3 is 0 Å². The lowest BCUT2D eigenvalue weighted by Crippen LogP contribution is -2.47. The smallest absolute Gasteiger partial charge is 0.269 e. The summed E-state index contributed by atoms with van der Waals surface area (Å²) in [5, 5.41) is 10.7. The molecule has 9 nitrogen and oxygen atoms in total. The molecule has 1 amide bonds. The lowest BCUT2D eigenvalue weighted by molar-refractivity contribution is -0.384. The molecule has 148 valence electrons. The normalized spacial score (nSPS) is 19.8. The average Bonchev–Trinajstić information content (AvgIpc) is 2.68. The van der Waals surface area contributed by atoms with E-state index in [9.17, 15) is 23.3 Å². The van der Waals surface area contributed by atoms with Crippen molar-refractivity contribution >= 4 is 21.6 Å². The third-order valence-electron chi connectivity index (χ3n) is 5.02. The molecule has 3 rings (SSSR count). The van der Waals surface area contributed by atoms with Crippen LogP contribution in [-0.2, 0) is 25.3 Å². The van der Waals surface area contributed by atoms with Gasteiger partial charge in [-0.15, -0.1) is 0 Å². The highest BCUT2D eigenvalue weighted by Crippen LogP contribution is 2.24. The fourth-order valence-electron chi connectivity index (χ4n) is 3.44. The Labute approximate surface area is 158 Å². The largest absolute Gasteiger partial charge is 0.378 e. The van der Waals surface area contributed by atoms with Crippen LogP contribution in [-0.4, -0.2) is 67.8 Å². The minimum absolute atomic E-state index is 0.0708. The lowest BCUT2D eigenvalue weighted by Gasteiger charge is -2.35. The summed E-state index contributed by atoms with van der Waals surface area (Å²) < 4.78 is 31.9. The molecule has 0 radical (unpaired) electrons. The summed E-state index contributed by atoms with van der Waals surface area (Å²) in [6, 6.07) is 5.53. The molecule has 10 heteroatoms. The van der Waals surface area contributed by atoms with Crippen molar-refractivity contribution in [1.82, 2.24) is 9.21 Å². The third-order valence-corrected chi connectivity index (χ3v) is 6.87. The summed E-state index contributed by atoms with van der Waals surface area (Å²) >= 11 is 0. The quantitative estimate of drug-likeness (QED) is 0.541. The average molecular weight is 397 g/mol. The van der Waals surface area contributed by atoms with Crippen molar-refractivity contribution in [3.63, 3.8) is 0 Å². The first kappa shape index (κ1) is 19.7. The number of hydrogen-bond donors (Lipinski definition) is 0. The molecule has 2 heterocycles. The Bertz CT molecular complexity index is 781. The molecule has 27 heavy (non-hydrogen) atoms. The maximum Gasteiger partial charge on any atom is 0.269 e. The number of sulfonamides is 1. The number of carbonyl (C=O) groups is 1. The number of benzene rings is 1. The Morgan fingerprint density at radius 3 is 2.26 bits per heavy atom. The second-order valence-corrected chi connectivity index (χ2v) is 8.76. The molecule has 0 unspecified atom stereocenters. The zero-order valence-electron chi connectivity index (χ0n) is 15.0. The van der Waals surface area contributed by atoms with Crippen LogP contribution in [0.15, 0.2) is 24.3 Å². The molecule has 1 aromatic carbocycles. The zero-order chi connectivity index (χ0) is 19.4. The number of rotatable bonds is 5. The van der Waals surface area contributed by atoms with E-state index < -0.39 is 14.9 Å². The van der Waals surface area contributed by atoms with Crippen LogP contribution in [0.25, 0.3) is 0 Å². The van der Waals surface area contributed by atoms with Gasteiger partial charge in [-0.3, -0.25) is 14.9 Å². The van der Waals surface area contributed by atoms with Crippen LogP contribution in [0.4, 0.5) is 5.69 Å². The van der Waals surface area contributed by atoms with Crippen molar-refractivity contribution in [3.8, 4) is 0 Å². The van der Waals surface area contributed by atoms with Gasteiger partial charge in [0.15, 0.2) is 0 Å². The van der Waals surface area contributed by atoms with E-state index in [1.807, 2.05) is 0 Å². The van der Waals surface area contributed by atoms with E-state index in [2.05, 4.69) is 0 Å². The van der Waals surface area contributed by atoms with Gasteiger partial charge in [-0.05, 0) is 18.4 Å². The van der Waals surface area contributed by atoms with Crippen LogP contribution >= 0.6 is 0 Å². The highest BCUT2D eigenvalue weighted by Gasteiger charge is 2.33. The van der Waals surface area contributed by atoms with Crippen LogP contribution in [0.1, 0.15) is 18.4 Å². The number of non-ortho nitro benzene ring substituents is 1. The predicted molar refractivity (Wildman–Crippen MR) is 97.4 cm³/mol. The number of piperidine rings is 1. The molecule has 0 N–H and O–H groups in total. The fraction of sp³-hybridized carbons (Fsp3) is 0.588. The highest BCUT2D eigenvalue weighted by atomic mass is 32.2. The van der Waals surface area contributed by atoms with Gasteiger partial charge in [-0.25, -0.2) is 12.7 Å². The number of morpholine rings is 1. The first-order valence-corrected chi connectivity index (χ1v) is 10.6. The Morgan fingerprint density at radius 1 is 1.11 bits per heavy atom. The number of nitro groups is 1. The van der Waals surface area contributed by atoms with Crippen molar-refractivity contribution in [2.75, 3.05) is 39.4 Å². The summed E-state index contributed by atoms with van der Waals surface area (Å²) in [6.45, 7) is 2.92.